The largest absolute Gasteiger partial charge is 0.392 e. The van der Waals surface area contributed by atoms with Gasteiger partial charge in [-0.25, -0.2) is 0 Å². The first-order valence-corrected chi connectivity index (χ1v) is 3.82. The third-order valence-corrected chi connectivity index (χ3v) is 2.86. The number of hydrogen-bond donors (Lipinski definition) is 1. The second-order valence-corrected chi connectivity index (χ2v) is 3.59. The lowest BCUT2D eigenvalue weighted by Crippen LogP contribution is -2.19. The summed E-state index contributed by atoms with van der Waals surface area (Å²) in [6.07, 6.45) is -2.90. The molecule has 1 N–H and O–H groups in total. The van der Waals surface area contributed by atoms with Crippen molar-refractivity contribution in [3.05, 3.63) is 0 Å². The van der Waals surface area contributed by atoms with Crippen molar-refractivity contribution >= 4 is 0 Å². The van der Waals surface area contributed by atoms with Crippen LogP contribution in [0.25, 0.3) is 0 Å². The van der Waals surface area contributed by atoms with Crippen LogP contribution in [0.15, 0.2) is 0 Å². The van der Waals surface area contributed by atoms with Crippen molar-refractivity contribution in [2.45, 2.75) is 19.0 Å². The highest BCUT2D eigenvalue weighted by Crippen LogP contribution is 2.63. The number of rotatable bonds is 0. The lowest BCUT2D eigenvalue weighted by Gasteiger charge is -2.09. The van der Waals surface area contributed by atoms with E-state index in [0.717, 1.165) is 6.54 Å². The van der Waals surface area contributed by atoms with Crippen LogP contribution in [0.3, 0.4) is 0 Å². The molecule has 2 fully saturated rings. The topological polar surface area (TPSA) is 12.0 Å². The van der Waals surface area contributed by atoms with Crippen LogP contribution in [0, 0.1) is 11.3 Å². The van der Waals surface area contributed by atoms with Crippen molar-refractivity contribution < 1.29 is 13.2 Å². The van der Waals surface area contributed by atoms with Gasteiger partial charge in [0, 0.05) is 6.54 Å². The molecule has 64 valence electrons. The van der Waals surface area contributed by atoms with Gasteiger partial charge in [0.05, 0.1) is 5.92 Å². The van der Waals surface area contributed by atoms with E-state index in [0.29, 0.717) is 19.4 Å². The van der Waals surface area contributed by atoms with Gasteiger partial charge in [0.1, 0.15) is 0 Å². The van der Waals surface area contributed by atoms with E-state index in [9.17, 15) is 13.2 Å². The zero-order valence-corrected chi connectivity index (χ0v) is 6.04. The molecule has 0 aromatic carbocycles. The minimum Gasteiger partial charge on any atom is -0.316 e. The molecule has 0 radical (unpaired) electrons. The molecule has 0 bridgehead atoms. The summed E-state index contributed by atoms with van der Waals surface area (Å²) in [5.41, 5.74) is -0.391. The summed E-state index contributed by atoms with van der Waals surface area (Å²) in [4.78, 5) is 0. The molecule has 1 aliphatic heterocycles. The standard InChI is InChI=1S/C7H10F3N/c8-7(9,10)5-3-6(5)1-2-11-4-6/h5,11H,1-4H2. The van der Waals surface area contributed by atoms with Crippen LogP contribution < -0.4 is 5.32 Å². The highest BCUT2D eigenvalue weighted by atomic mass is 19.4. The van der Waals surface area contributed by atoms with Crippen LogP contribution in [0.1, 0.15) is 12.8 Å². The van der Waals surface area contributed by atoms with Gasteiger partial charge in [-0.1, -0.05) is 0 Å². The zero-order valence-electron chi connectivity index (χ0n) is 6.04. The van der Waals surface area contributed by atoms with Crippen molar-refractivity contribution in [1.29, 1.82) is 0 Å². The number of halogens is 3. The van der Waals surface area contributed by atoms with E-state index >= 15 is 0 Å². The smallest absolute Gasteiger partial charge is 0.316 e. The Balaban J connectivity index is 2.03. The van der Waals surface area contributed by atoms with Crippen molar-refractivity contribution in [3.63, 3.8) is 0 Å². The first-order valence-electron chi connectivity index (χ1n) is 3.82. The Labute approximate surface area is 63.0 Å². The fourth-order valence-electron chi connectivity index (χ4n) is 2.05. The summed E-state index contributed by atoms with van der Waals surface area (Å²) >= 11 is 0. The van der Waals surface area contributed by atoms with Crippen molar-refractivity contribution in [3.8, 4) is 0 Å². The van der Waals surface area contributed by atoms with Crippen LogP contribution in [0.5, 0.6) is 0 Å². The molecule has 1 saturated carbocycles. The van der Waals surface area contributed by atoms with Gasteiger partial charge in [-0.05, 0) is 24.8 Å². The van der Waals surface area contributed by atoms with Gasteiger partial charge in [-0.2, -0.15) is 13.2 Å². The van der Waals surface area contributed by atoms with E-state index < -0.39 is 17.5 Å². The second-order valence-electron chi connectivity index (χ2n) is 3.59. The predicted molar refractivity (Wildman–Crippen MR) is 34.1 cm³/mol. The Morgan fingerprint density at radius 2 is 2.09 bits per heavy atom. The van der Waals surface area contributed by atoms with Gasteiger partial charge in [-0.3, -0.25) is 0 Å². The molecule has 0 aromatic heterocycles. The summed E-state index contributed by atoms with van der Waals surface area (Å²) in [6.45, 7) is 1.32. The molecule has 2 aliphatic rings. The van der Waals surface area contributed by atoms with E-state index in [-0.39, 0.29) is 0 Å². The Kier molecular flexibility index (Phi) is 1.29. The summed E-state index contributed by atoms with van der Waals surface area (Å²) < 4.78 is 36.3. The van der Waals surface area contributed by atoms with Gasteiger partial charge in [0.2, 0.25) is 0 Å². The molecule has 1 spiro atoms. The maximum atomic E-state index is 12.1. The molecule has 1 nitrogen and oxygen atoms in total. The summed E-state index contributed by atoms with van der Waals surface area (Å²) in [5.74, 6) is -1.01. The average molecular weight is 165 g/mol. The minimum atomic E-state index is -3.95. The quantitative estimate of drug-likeness (QED) is 0.574. The van der Waals surface area contributed by atoms with E-state index in [1.54, 1.807) is 0 Å². The van der Waals surface area contributed by atoms with E-state index in [2.05, 4.69) is 5.32 Å². The normalized spacial score (nSPS) is 43.4. The average Bonchev–Trinajstić information content (AvgIpc) is 2.31. The van der Waals surface area contributed by atoms with Crippen molar-refractivity contribution in [1.82, 2.24) is 5.32 Å². The fourth-order valence-corrected chi connectivity index (χ4v) is 2.05. The molecule has 0 amide bonds. The van der Waals surface area contributed by atoms with Crippen LogP contribution in [0.4, 0.5) is 13.2 Å². The molecule has 4 heteroatoms. The number of alkyl halides is 3. The Bertz CT molecular complexity index is 169. The molecule has 0 aromatic rings. The van der Waals surface area contributed by atoms with Crippen LogP contribution in [0.2, 0.25) is 0 Å². The molecule has 2 atom stereocenters. The summed E-state index contributed by atoms with van der Waals surface area (Å²) in [6, 6.07) is 0. The highest BCUT2D eigenvalue weighted by molar-refractivity contribution is 5.09. The third kappa shape index (κ3) is 1.04. The molecule has 2 unspecified atom stereocenters. The third-order valence-electron chi connectivity index (χ3n) is 2.86. The van der Waals surface area contributed by atoms with Crippen molar-refractivity contribution in [2.75, 3.05) is 13.1 Å². The van der Waals surface area contributed by atoms with Gasteiger partial charge >= 0.3 is 6.18 Å². The molecule has 1 heterocycles. The Morgan fingerprint density at radius 3 is 2.45 bits per heavy atom. The van der Waals surface area contributed by atoms with Gasteiger partial charge in [-0.15, -0.1) is 0 Å². The zero-order chi connectivity index (χ0) is 8.11. The lowest BCUT2D eigenvalue weighted by molar-refractivity contribution is -0.155. The Hall–Kier alpha value is -0.250. The van der Waals surface area contributed by atoms with E-state index in [1.165, 1.54) is 0 Å². The minimum absolute atomic E-state index is 0.351. The number of hydrogen-bond acceptors (Lipinski definition) is 1. The SMILES string of the molecule is FC(F)(F)C1CC12CCNC2. The van der Waals surface area contributed by atoms with Crippen LogP contribution in [-0.2, 0) is 0 Å². The molecule has 1 aliphatic carbocycles. The Morgan fingerprint density at radius 1 is 1.36 bits per heavy atom. The van der Waals surface area contributed by atoms with Gasteiger partial charge in [0.25, 0.3) is 0 Å². The van der Waals surface area contributed by atoms with Crippen LogP contribution >= 0.6 is 0 Å². The maximum absolute atomic E-state index is 12.1. The molecular weight excluding hydrogens is 155 g/mol. The number of nitrogens with one attached hydrogen (secondary N) is 1. The van der Waals surface area contributed by atoms with E-state index in [4.69, 9.17) is 0 Å². The van der Waals surface area contributed by atoms with E-state index in [1.807, 2.05) is 0 Å². The predicted octanol–water partition coefficient (Wildman–Crippen LogP) is 1.55. The maximum Gasteiger partial charge on any atom is 0.392 e. The molecule has 2 rings (SSSR count). The summed E-state index contributed by atoms with van der Waals surface area (Å²) in [5, 5.41) is 2.98. The first kappa shape index (κ1) is 7.40. The molecular formula is C7H10F3N. The summed E-state index contributed by atoms with van der Waals surface area (Å²) in [7, 11) is 0. The van der Waals surface area contributed by atoms with Crippen LogP contribution in [-0.4, -0.2) is 19.3 Å². The first-order chi connectivity index (χ1) is 5.05. The van der Waals surface area contributed by atoms with Crippen molar-refractivity contribution in [2.24, 2.45) is 11.3 Å². The van der Waals surface area contributed by atoms with Gasteiger partial charge < -0.3 is 5.32 Å². The lowest BCUT2D eigenvalue weighted by atomic mass is 10.0. The monoisotopic (exact) mass is 165 g/mol. The highest BCUT2D eigenvalue weighted by Gasteiger charge is 2.66. The van der Waals surface area contributed by atoms with Gasteiger partial charge in [0.15, 0.2) is 0 Å². The fraction of sp³-hybridized carbons (Fsp3) is 1.00. The molecule has 11 heavy (non-hydrogen) atoms. The molecule has 1 saturated heterocycles. The second kappa shape index (κ2) is 1.91.